The van der Waals surface area contributed by atoms with Crippen molar-refractivity contribution in [3.8, 4) is 0 Å². The number of piperazine rings is 1. The molecular weight excluding hydrogens is 228 g/mol. The van der Waals surface area contributed by atoms with Crippen molar-refractivity contribution < 1.29 is 9.90 Å². The third-order valence-electron chi connectivity index (χ3n) is 4.91. The van der Waals surface area contributed by atoms with Crippen molar-refractivity contribution in [3.63, 3.8) is 0 Å². The maximum absolute atomic E-state index is 11.9. The van der Waals surface area contributed by atoms with Crippen molar-refractivity contribution in [2.24, 2.45) is 5.92 Å². The molecule has 18 heavy (non-hydrogen) atoms. The lowest BCUT2D eigenvalue weighted by molar-refractivity contribution is -0.157. The maximum Gasteiger partial charge on any atom is 0.324 e. The van der Waals surface area contributed by atoms with Gasteiger partial charge < -0.3 is 10.0 Å². The molecule has 1 saturated heterocycles. The van der Waals surface area contributed by atoms with E-state index >= 15 is 0 Å². The van der Waals surface area contributed by atoms with Gasteiger partial charge >= 0.3 is 5.97 Å². The molecule has 1 saturated carbocycles. The Bertz CT molecular complexity index is 300. The van der Waals surface area contributed by atoms with E-state index in [1.54, 1.807) is 0 Å². The SMILES string of the molecule is CCC1CCCC(C(=O)O)(N2CCN(C)CC2)C1. The summed E-state index contributed by atoms with van der Waals surface area (Å²) < 4.78 is 0. The summed E-state index contributed by atoms with van der Waals surface area (Å²) in [4.78, 5) is 16.4. The van der Waals surface area contributed by atoms with E-state index in [0.717, 1.165) is 51.9 Å². The van der Waals surface area contributed by atoms with Crippen LogP contribution in [-0.2, 0) is 4.79 Å². The van der Waals surface area contributed by atoms with Crippen LogP contribution in [0.2, 0.25) is 0 Å². The van der Waals surface area contributed by atoms with E-state index in [1.165, 1.54) is 6.42 Å². The Morgan fingerprint density at radius 1 is 1.33 bits per heavy atom. The number of rotatable bonds is 3. The van der Waals surface area contributed by atoms with E-state index in [-0.39, 0.29) is 0 Å². The second-order valence-electron chi connectivity index (χ2n) is 6.00. The minimum Gasteiger partial charge on any atom is -0.480 e. The first kappa shape index (κ1) is 13.8. The first-order valence-electron chi connectivity index (χ1n) is 7.25. The van der Waals surface area contributed by atoms with Crippen LogP contribution in [0.15, 0.2) is 0 Å². The molecule has 1 heterocycles. The van der Waals surface area contributed by atoms with Gasteiger partial charge in [-0.05, 0) is 25.8 Å². The van der Waals surface area contributed by atoms with Gasteiger partial charge in [0.25, 0.3) is 0 Å². The van der Waals surface area contributed by atoms with E-state index < -0.39 is 11.5 Å². The minimum atomic E-state index is -0.592. The van der Waals surface area contributed by atoms with Gasteiger partial charge in [-0.25, -0.2) is 0 Å². The average Bonchev–Trinajstić information content (AvgIpc) is 2.39. The van der Waals surface area contributed by atoms with Gasteiger partial charge in [0.2, 0.25) is 0 Å². The lowest BCUT2D eigenvalue weighted by Crippen LogP contribution is -2.62. The molecule has 104 valence electrons. The van der Waals surface area contributed by atoms with E-state index in [9.17, 15) is 9.90 Å². The van der Waals surface area contributed by atoms with Crippen molar-refractivity contribution in [2.75, 3.05) is 33.2 Å². The van der Waals surface area contributed by atoms with Gasteiger partial charge in [-0.3, -0.25) is 9.69 Å². The normalized spacial score (nSPS) is 35.6. The molecule has 2 unspecified atom stereocenters. The van der Waals surface area contributed by atoms with Gasteiger partial charge in [0.05, 0.1) is 0 Å². The molecule has 2 fully saturated rings. The Labute approximate surface area is 110 Å². The highest BCUT2D eigenvalue weighted by molar-refractivity contribution is 5.79. The van der Waals surface area contributed by atoms with Crippen molar-refractivity contribution in [1.29, 1.82) is 0 Å². The lowest BCUT2D eigenvalue weighted by Gasteiger charge is -2.48. The summed E-state index contributed by atoms with van der Waals surface area (Å²) in [5, 5.41) is 9.76. The molecule has 0 aromatic rings. The summed E-state index contributed by atoms with van der Waals surface area (Å²) >= 11 is 0. The van der Waals surface area contributed by atoms with E-state index in [1.807, 2.05) is 0 Å². The highest BCUT2D eigenvalue weighted by atomic mass is 16.4. The number of carboxylic acids is 1. The molecule has 4 heteroatoms. The second-order valence-corrected chi connectivity index (χ2v) is 6.00. The number of likely N-dealkylation sites (N-methyl/N-ethyl adjacent to an activating group) is 1. The summed E-state index contributed by atoms with van der Waals surface area (Å²) in [6, 6.07) is 0. The zero-order valence-electron chi connectivity index (χ0n) is 11.7. The largest absolute Gasteiger partial charge is 0.480 e. The molecule has 4 nitrogen and oxygen atoms in total. The zero-order valence-corrected chi connectivity index (χ0v) is 11.7. The molecule has 2 aliphatic rings. The van der Waals surface area contributed by atoms with Gasteiger partial charge in [-0.2, -0.15) is 0 Å². The summed E-state index contributed by atoms with van der Waals surface area (Å²) in [5.74, 6) is -0.000269. The van der Waals surface area contributed by atoms with Crippen LogP contribution in [0.5, 0.6) is 0 Å². The molecule has 0 aromatic heterocycles. The molecule has 1 aliphatic heterocycles. The fourth-order valence-corrected chi connectivity index (χ4v) is 3.56. The fourth-order valence-electron chi connectivity index (χ4n) is 3.56. The average molecular weight is 254 g/mol. The van der Waals surface area contributed by atoms with Crippen molar-refractivity contribution in [3.05, 3.63) is 0 Å². The predicted molar refractivity (Wildman–Crippen MR) is 71.7 cm³/mol. The van der Waals surface area contributed by atoms with Crippen LogP contribution >= 0.6 is 0 Å². The van der Waals surface area contributed by atoms with Gasteiger partial charge in [0.15, 0.2) is 0 Å². The Morgan fingerprint density at radius 2 is 2.00 bits per heavy atom. The first-order valence-corrected chi connectivity index (χ1v) is 7.25. The maximum atomic E-state index is 11.9. The summed E-state index contributed by atoms with van der Waals surface area (Å²) in [7, 11) is 2.11. The van der Waals surface area contributed by atoms with Crippen molar-refractivity contribution >= 4 is 5.97 Å². The van der Waals surface area contributed by atoms with Crippen LogP contribution in [0, 0.1) is 5.92 Å². The van der Waals surface area contributed by atoms with Gasteiger partial charge in [0, 0.05) is 26.2 Å². The van der Waals surface area contributed by atoms with Crippen molar-refractivity contribution in [2.45, 2.75) is 44.6 Å². The van der Waals surface area contributed by atoms with Gasteiger partial charge in [0.1, 0.15) is 5.54 Å². The summed E-state index contributed by atoms with van der Waals surface area (Å²) in [5.41, 5.74) is -0.569. The number of carbonyl (C=O) groups is 1. The molecular formula is C14H26N2O2. The molecule has 0 amide bonds. The monoisotopic (exact) mass is 254 g/mol. The third-order valence-corrected chi connectivity index (χ3v) is 4.91. The summed E-state index contributed by atoms with van der Waals surface area (Å²) in [6.07, 6.45) is 5.07. The first-order chi connectivity index (χ1) is 8.58. The Balaban J connectivity index is 2.13. The molecule has 0 bridgehead atoms. The molecule has 0 radical (unpaired) electrons. The number of carboxylic acid groups (broad SMARTS) is 1. The molecule has 1 N–H and O–H groups in total. The van der Waals surface area contributed by atoms with E-state index in [4.69, 9.17) is 0 Å². The third kappa shape index (κ3) is 2.54. The van der Waals surface area contributed by atoms with Crippen LogP contribution in [0.25, 0.3) is 0 Å². The van der Waals surface area contributed by atoms with Crippen LogP contribution in [0.3, 0.4) is 0 Å². The second kappa shape index (κ2) is 5.57. The number of hydrogen-bond acceptors (Lipinski definition) is 3. The van der Waals surface area contributed by atoms with E-state index in [2.05, 4.69) is 23.8 Å². The van der Waals surface area contributed by atoms with Crippen LogP contribution in [0.4, 0.5) is 0 Å². The van der Waals surface area contributed by atoms with Crippen LogP contribution in [0.1, 0.15) is 39.0 Å². The number of hydrogen-bond donors (Lipinski definition) is 1. The molecule has 2 atom stereocenters. The molecule has 2 rings (SSSR count). The highest BCUT2D eigenvalue weighted by Crippen LogP contribution is 2.39. The summed E-state index contributed by atoms with van der Waals surface area (Å²) in [6.45, 7) is 5.97. The fraction of sp³-hybridized carbons (Fsp3) is 0.929. The lowest BCUT2D eigenvalue weighted by atomic mass is 9.73. The van der Waals surface area contributed by atoms with E-state index in [0.29, 0.717) is 5.92 Å². The molecule has 0 aromatic carbocycles. The topological polar surface area (TPSA) is 43.8 Å². The Hall–Kier alpha value is -0.610. The Kier molecular flexibility index (Phi) is 4.28. The van der Waals surface area contributed by atoms with Gasteiger partial charge in [-0.1, -0.05) is 26.2 Å². The molecule has 1 aliphatic carbocycles. The smallest absolute Gasteiger partial charge is 0.324 e. The minimum absolute atomic E-state index is 0.569. The zero-order chi connectivity index (χ0) is 13.2. The van der Waals surface area contributed by atoms with Crippen molar-refractivity contribution in [1.82, 2.24) is 9.80 Å². The predicted octanol–water partition coefficient (Wildman–Crippen LogP) is 1.66. The van der Waals surface area contributed by atoms with Crippen LogP contribution in [-0.4, -0.2) is 59.6 Å². The van der Waals surface area contributed by atoms with Gasteiger partial charge in [-0.15, -0.1) is 0 Å². The number of aliphatic carboxylic acids is 1. The van der Waals surface area contributed by atoms with Crippen LogP contribution < -0.4 is 0 Å². The number of nitrogens with zero attached hydrogens (tertiary/aromatic N) is 2. The quantitative estimate of drug-likeness (QED) is 0.832. The highest BCUT2D eigenvalue weighted by Gasteiger charge is 2.47. The molecule has 0 spiro atoms. The Morgan fingerprint density at radius 3 is 2.56 bits per heavy atom. The standard InChI is InChI=1S/C14H26N2O2/c1-3-12-5-4-6-14(11-12,13(17)18)16-9-7-15(2)8-10-16/h12H,3-11H2,1-2H3,(H,17,18).